The minimum absolute atomic E-state index is 0.111. The van der Waals surface area contributed by atoms with Crippen molar-refractivity contribution in [2.45, 2.75) is 45.7 Å². The smallest absolute Gasteiger partial charge is 0.124 e. The number of benzene rings is 1. The number of nitriles is 1. The van der Waals surface area contributed by atoms with Gasteiger partial charge in [0, 0.05) is 25.7 Å². The lowest BCUT2D eigenvalue weighted by molar-refractivity contribution is 0.0569. The minimum atomic E-state index is -0.111. The van der Waals surface area contributed by atoms with Crippen LogP contribution < -0.4 is 0 Å². The van der Waals surface area contributed by atoms with E-state index in [0.29, 0.717) is 6.04 Å². The summed E-state index contributed by atoms with van der Waals surface area (Å²) in [7, 11) is 0. The summed E-state index contributed by atoms with van der Waals surface area (Å²) in [6.45, 7) is 10.8. The normalized spacial score (nSPS) is 21.9. The Morgan fingerprint density at radius 3 is 2.43 bits per heavy atom. The van der Waals surface area contributed by atoms with Gasteiger partial charge in [0.1, 0.15) is 6.04 Å². The Morgan fingerprint density at radius 2 is 1.90 bits per heavy atom. The standard InChI is InChI=1S/C18H27N3/c1-4-15-7-9-16(10-8-15)18(13-19)21-12-11-20(6-3)14-17(21)5-2/h7-10,17-18H,4-6,11-12,14H2,1-3H3. The second-order valence-electron chi connectivity index (χ2n) is 5.82. The molecule has 0 aromatic heterocycles. The highest BCUT2D eigenvalue weighted by Crippen LogP contribution is 2.26. The molecule has 1 saturated heterocycles. The lowest BCUT2D eigenvalue weighted by Gasteiger charge is -2.43. The van der Waals surface area contributed by atoms with Crippen LogP contribution in [0.3, 0.4) is 0 Å². The van der Waals surface area contributed by atoms with Crippen molar-refractivity contribution in [1.29, 1.82) is 5.26 Å². The molecule has 0 aliphatic carbocycles. The van der Waals surface area contributed by atoms with Crippen LogP contribution in [-0.2, 0) is 6.42 Å². The molecular formula is C18H27N3. The number of likely N-dealkylation sites (N-methyl/N-ethyl adjacent to an activating group) is 1. The molecule has 3 heteroatoms. The molecule has 1 aromatic carbocycles. The first kappa shape index (κ1) is 16.0. The summed E-state index contributed by atoms with van der Waals surface area (Å²) in [4.78, 5) is 4.88. The van der Waals surface area contributed by atoms with Crippen LogP contribution in [0, 0.1) is 11.3 Å². The van der Waals surface area contributed by atoms with Gasteiger partial charge >= 0.3 is 0 Å². The zero-order valence-electron chi connectivity index (χ0n) is 13.5. The highest BCUT2D eigenvalue weighted by molar-refractivity contribution is 5.28. The maximum atomic E-state index is 9.69. The fraction of sp³-hybridized carbons (Fsp3) is 0.611. The zero-order valence-corrected chi connectivity index (χ0v) is 13.5. The van der Waals surface area contributed by atoms with Gasteiger partial charge in [-0.2, -0.15) is 5.26 Å². The van der Waals surface area contributed by atoms with Crippen LogP contribution in [0.25, 0.3) is 0 Å². The van der Waals surface area contributed by atoms with Crippen molar-refractivity contribution in [3.05, 3.63) is 35.4 Å². The number of aryl methyl sites for hydroxylation is 1. The fourth-order valence-corrected chi connectivity index (χ4v) is 3.20. The molecule has 0 radical (unpaired) electrons. The largest absolute Gasteiger partial charge is 0.301 e. The molecule has 2 rings (SSSR count). The third-order valence-electron chi connectivity index (χ3n) is 4.69. The average molecular weight is 285 g/mol. The van der Waals surface area contributed by atoms with E-state index >= 15 is 0 Å². The quantitative estimate of drug-likeness (QED) is 0.832. The summed E-state index contributed by atoms with van der Waals surface area (Å²) in [5, 5.41) is 9.69. The predicted molar refractivity (Wildman–Crippen MR) is 87.1 cm³/mol. The second kappa shape index (κ2) is 7.59. The van der Waals surface area contributed by atoms with Crippen molar-refractivity contribution in [3.8, 4) is 6.07 Å². The molecule has 1 aliphatic heterocycles. The molecule has 3 nitrogen and oxygen atoms in total. The molecule has 114 valence electrons. The molecule has 1 aliphatic rings. The summed E-state index contributed by atoms with van der Waals surface area (Å²) in [5.41, 5.74) is 2.47. The lowest BCUT2D eigenvalue weighted by atomic mass is 9.99. The molecular weight excluding hydrogens is 258 g/mol. The molecule has 0 N–H and O–H groups in total. The van der Waals surface area contributed by atoms with Gasteiger partial charge in [0.15, 0.2) is 0 Å². The predicted octanol–water partition coefficient (Wildman–Crippen LogP) is 3.23. The Morgan fingerprint density at radius 1 is 1.19 bits per heavy atom. The molecule has 0 amide bonds. The van der Waals surface area contributed by atoms with Crippen molar-refractivity contribution in [2.24, 2.45) is 0 Å². The van der Waals surface area contributed by atoms with Crippen molar-refractivity contribution >= 4 is 0 Å². The number of piperazine rings is 1. The van der Waals surface area contributed by atoms with Crippen LogP contribution in [-0.4, -0.2) is 42.0 Å². The first-order chi connectivity index (χ1) is 10.2. The molecule has 21 heavy (non-hydrogen) atoms. The fourth-order valence-electron chi connectivity index (χ4n) is 3.20. The van der Waals surface area contributed by atoms with E-state index in [2.05, 4.69) is 60.9 Å². The first-order valence-electron chi connectivity index (χ1n) is 8.20. The van der Waals surface area contributed by atoms with Gasteiger partial charge < -0.3 is 4.90 Å². The number of nitrogens with zero attached hydrogens (tertiary/aromatic N) is 3. The summed E-state index contributed by atoms with van der Waals surface area (Å²) >= 11 is 0. The zero-order chi connectivity index (χ0) is 15.2. The molecule has 2 unspecified atom stereocenters. The summed E-state index contributed by atoms with van der Waals surface area (Å²) < 4.78 is 0. The molecule has 1 aromatic rings. The van der Waals surface area contributed by atoms with Crippen LogP contribution >= 0.6 is 0 Å². The van der Waals surface area contributed by atoms with E-state index in [9.17, 15) is 5.26 Å². The van der Waals surface area contributed by atoms with E-state index in [-0.39, 0.29) is 6.04 Å². The molecule has 0 spiro atoms. The summed E-state index contributed by atoms with van der Waals surface area (Å²) in [5.74, 6) is 0. The van der Waals surface area contributed by atoms with Crippen LogP contribution in [0.1, 0.15) is 44.4 Å². The van der Waals surface area contributed by atoms with Gasteiger partial charge in [0.05, 0.1) is 6.07 Å². The second-order valence-corrected chi connectivity index (χ2v) is 5.82. The van der Waals surface area contributed by atoms with E-state index in [0.717, 1.165) is 44.6 Å². The van der Waals surface area contributed by atoms with Crippen molar-refractivity contribution in [2.75, 3.05) is 26.2 Å². The Bertz CT molecular complexity index is 474. The monoisotopic (exact) mass is 285 g/mol. The van der Waals surface area contributed by atoms with Crippen molar-refractivity contribution in [1.82, 2.24) is 9.80 Å². The van der Waals surface area contributed by atoms with E-state index in [1.165, 1.54) is 5.56 Å². The maximum absolute atomic E-state index is 9.69. The van der Waals surface area contributed by atoms with Gasteiger partial charge in [0.25, 0.3) is 0 Å². The van der Waals surface area contributed by atoms with E-state index in [1.807, 2.05) is 0 Å². The van der Waals surface area contributed by atoms with Crippen LogP contribution in [0.15, 0.2) is 24.3 Å². The molecule has 1 fully saturated rings. The van der Waals surface area contributed by atoms with Crippen molar-refractivity contribution in [3.63, 3.8) is 0 Å². The third-order valence-corrected chi connectivity index (χ3v) is 4.69. The molecule has 0 saturated carbocycles. The van der Waals surface area contributed by atoms with E-state index < -0.39 is 0 Å². The van der Waals surface area contributed by atoms with E-state index in [4.69, 9.17) is 0 Å². The van der Waals surface area contributed by atoms with Gasteiger partial charge in [-0.15, -0.1) is 0 Å². The van der Waals surface area contributed by atoms with Gasteiger partial charge in [-0.3, -0.25) is 4.90 Å². The maximum Gasteiger partial charge on any atom is 0.124 e. The van der Waals surface area contributed by atoms with Crippen molar-refractivity contribution < 1.29 is 0 Å². The number of hydrogen-bond acceptors (Lipinski definition) is 3. The van der Waals surface area contributed by atoms with E-state index in [1.54, 1.807) is 0 Å². The van der Waals surface area contributed by atoms with Crippen LogP contribution in [0.4, 0.5) is 0 Å². The topological polar surface area (TPSA) is 30.3 Å². The van der Waals surface area contributed by atoms with Gasteiger partial charge in [-0.1, -0.05) is 45.0 Å². The summed E-state index contributed by atoms with van der Waals surface area (Å²) in [6, 6.07) is 11.5. The van der Waals surface area contributed by atoms with Crippen LogP contribution in [0.5, 0.6) is 0 Å². The molecule has 2 atom stereocenters. The number of hydrogen-bond donors (Lipinski definition) is 0. The molecule has 1 heterocycles. The Balaban J connectivity index is 2.17. The molecule has 0 bridgehead atoms. The third kappa shape index (κ3) is 3.64. The van der Waals surface area contributed by atoms with Gasteiger partial charge in [-0.05, 0) is 30.5 Å². The first-order valence-corrected chi connectivity index (χ1v) is 8.20. The average Bonchev–Trinajstić information content (AvgIpc) is 2.56. The SMILES string of the molecule is CCc1ccc(C(C#N)N2CCN(CC)CC2CC)cc1. The Hall–Kier alpha value is -1.37. The number of rotatable bonds is 5. The Kier molecular flexibility index (Phi) is 5.78. The van der Waals surface area contributed by atoms with Gasteiger partial charge in [-0.25, -0.2) is 0 Å². The minimum Gasteiger partial charge on any atom is -0.301 e. The highest BCUT2D eigenvalue weighted by Gasteiger charge is 2.31. The Labute approximate surface area is 129 Å². The summed E-state index contributed by atoms with van der Waals surface area (Å²) in [6.07, 6.45) is 2.14. The van der Waals surface area contributed by atoms with Crippen LogP contribution in [0.2, 0.25) is 0 Å². The lowest BCUT2D eigenvalue weighted by Crippen LogP contribution is -2.53. The highest BCUT2D eigenvalue weighted by atomic mass is 15.3. The van der Waals surface area contributed by atoms with Gasteiger partial charge in [0.2, 0.25) is 0 Å².